The van der Waals surface area contributed by atoms with Crippen molar-refractivity contribution >= 4 is 16.9 Å². The van der Waals surface area contributed by atoms with Gasteiger partial charge in [0, 0.05) is 17.0 Å². The van der Waals surface area contributed by atoms with Crippen LogP contribution in [0, 0.1) is 5.21 Å². The van der Waals surface area contributed by atoms with Crippen LogP contribution in [0.15, 0.2) is 79.1 Å². The molecule has 2 aromatic carbocycles. The minimum atomic E-state index is -0.531. The number of esters is 1. The molecule has 6 nitrogen and oxygen atoms in total. The Labute approximate surface area is 155 Å². The quantitative estimate of drug-likeness (QED) is 0.318. The Balaban J connectivity index is 1.71. The highest BCUT2D eigenvalue weighted by molar-refractivity contribution is 6.04. The maximum atomic E-state index is 12.7. The molecule has 0 unspecified atom stereocenters. The number of pyridine rings is 1. The zero-order valence-electron chi connectivity index (χ0n) is 14.3. The third kappa shape index (κ3) is 3.46. The summed E-state index contributed by atoms with van der Waals surface area (Å²) in [6.45, 7) is -0.208. The second-order valence-electron chi connectivity index (χ2n) is 5.88. The van der Waals surface area contributed by atoms with Crippen molar-refractivity contribution in [2.45, 2.75) is 6.61 Å². The number of carbonyl (C=O) groups excluding carboxylic acids is 1. The Morgan fingerprint density at radius 3 is 2.63 bits per heavy atom. The minimum Gasteiger partial charge on any atom is -0.711 e. The van der Waals surface area contributed by atoms with E-state index in [0.29, 0.717) is 26.9 Å². The van der Waals surface area contributed by atoms with Gasteiger partial charge in [0.1, 0.15) is 6.20 Å². The van der Waals surface area contributed by atoms with Gasteiger partial charge in [0.2, 0.25) is 0 Å². The number of hydrogen-bond donors (Lipinski definition) is 0. The van der Waals surface area contributed by atoms with Crippen molar-refractivity contribution in [3.05, 3.63) is 95.7 Å². The predicted octanol–water partition coefficient (Wildman–Crippen LogP) is 3.29. The number of carbonyl (C=O) groups is 1. The molecule has 27 heavy (non-hydrogen) atoms. The topological polar surface area (TPSA) is 79.0 Å². The van der Waals surface area contributed by atoms with E-state index in [-0.39, 0.29) is 12.4 Å². The summed E-state index contributed by atoms with van der Waals surface area (Å²) >= 11 is 0. The van der Waals surface area contributed by atoms with Gasteiger partial charge in [-0.2, -0.15) is 0 Å². The molecule has 0 bridgehead atoms. The fourth-order valence-electron chi connectivity index (χ4n) is 2.80. The van der Waals surface area contributed by atoms with Crippen LogP contribution in [-0.2, 0) is 11.3 Å². The highest BCUT2D eigenvalue weighted by atomic mass is 16.5. The van der Waals surface area contributed by atoms with E-state index in [0.717, 1.165) is 5.56 Å². The van der Waals surface area contributed by atoms with Crippen molar-refractivity contribution in [2.24, 2.45) is 0 Å². The number of aromatic nitrogens is 3. The average molecular weight is 357 g/mol. The van der Waals surface area contributed by atoms with Crippen LogP contribution >= 0.6 is 0 Å². The molecular formula is C21H15N3O3. The van der Waals surface area contributed by atoms with E-state index in [1.807, 2.05) is 54.6 Å². The molecule has 0 aliphatic heterocycles. The van der Waals surface area contributed by atoms with E-state index < -0.39 is 5.97 Å². The van der Waals surface area contributed by atoms with Gasteiger partial charge in [-0.1, -0.05) is 48.5 Å². The van der Waals surface area contributed by atoms with Gasteiger partial charge in [-0.15, -0.1) is 0 Å². The lowest BCUT2D eigenvalue weighted by Gasteiger charge is -2.10. The smallest absolute Gasteiger partial charge is 0.339 e. The van der Waals surface area contributed by atoms with Crippen LogP contribution in [-0.4, -0.2) is 15.9 Å². The Morgan fingerprint density at radius 2 is 1.81 bits per heavy atom. The number of fused-ring (bicyclic) bond motifs is 1. The van der Waals surface area contributed by atoms with Gasteiger partial charge in [0.05, 0.1) is 23.0 Å². The molecule has 0 N–H and O–H groups in total. The maximum absolute atomic E-state index is 12.7. The fourth-order valence-corrected chi connectivity index (χ4v) is 2.80. The first-order valence-corrected chi connectivity index (χ1v) is 8.38. The third-order valence-electron chi connectivity index (χ3n) is 4.12. The van der Waals surface area contributed by atoms with Gasteiger partial charge in [-0.3, -0.25) is 0 Å². The monoisotopic (exact) mass is 357 g/mol. The normalized spacial score (nSPS) is 10.7. The second kappa shape index (κ2) is 7.21. The van der Waals surface area contributed by atoms with Gasteiger partial charge < -0.3 is 9.94 Å². The lowest BCUT2D eigenvalue weighted by molar-refractivity contribution is -0.620. The van der Waals surface area contributed by atoms with Crippen LogP contribution in [0.4, 0.5) is 0 Å². The molecule has 4 rings (SSSR count). The second-order valence-corrected chi connectivity index (χ2v) is 5.88. The third-order valence-corrected chi connectivity index (χ3v) is 4.12. The van der Waals surface area contributed by atoms with E-state index in [1.54, 1.807) is 6.07 Å². The lowest BCUT2D eigenvalue weighted by atomic mass is 10.0. The zero-order chi connectivity index (χ0) is 18.6. The highest BCUT2D eigenvalue weighted by Gasteiger charge is 2.17. The van der Waals surface area contributed by atoms with Gasteiger partial charge in [0.25, 0.3) is 0 Å². The van der Waals surface area contributed by atoms with Crippen LogP contribution in [0.5, 0.6) is 0 Å². The molecule has 0 saturated heterocycles. The standard InChI is InChI=1S/C21H15N3O3/c25-21(27-14-20-22-11-6-12-24(20)26)17-13-19(15-7-2-1-3-8-15)23-18-10-5-4-9-16(17)18/h1-13H,14H2. The van der Waals surface area contributed by atoms with Crippen molar-refractivity contribution in [1.29, 1.82) is 0 Å². The van der Waals surface area contributed by atoms with E-state index in [4.69, 9.17) is 4.74 Å². The van der Waals surface area contributed by atoms with Crippen molar-refractivity contribution in [2.75, 3.05) is 0 Å². The number of nitrogens with zero attached hydrogens (tertiary/aromatic N) is 3. The molecule has 0 amide bonds. The SMILES string of the molecule is O=C(OCc1nccc[n+]1[O-])c1cc(-c2ccccc2)nc2ccccc12. The Hall–Kier alpha value is -3.80. The van der Waals surface area contributed by atoms with E-state index in [2.05, 4.69) is 9.97 Å². The first-order valence-electron chi connectivity index (χ1n) is 8.38. The Kier molecular flexibility index (Phi) is 4.45. The Bertz CT molecular complexity index is 1110. The summed E-state index contributed by atoms with van der Waals surface area (Å²) in [6, 6.07) is 20.2. The van der Waals surface area contributed by atoms with Crippen molar-refractivity contribution < 1.29 is 14.3 Å². The minimum absolute atomic E-state index is 0.118. The molecule has 4 aromatic rings. The number of para-hydroxylation sites is 1. The lowest BCUT2D eigenvalue weighted by Crippen LogP contribution is -2.33. The molecule has 0 aliphatic carbocycles. The molecule has 2 aromatic heterocycles. The van der Waals surface area contributed by atoms with E-state index >= 15 is 0 Å². The summed E-state index contributed by atoms with van der Waals surface area (Å²) in [4.78, 5) is 21.3. The summed E-state index contributed by atoms with van der Waals surface area (Å²) in [6.07, 6.45) is 2.79. The van der Waals surface area contributed by atoms with Crippen molar-refractivity contribution in [1.82, 2.24) is 9.97 Å². The molecule has 6 heteroatoms. The van der Waals surface area contributed by atoms with Crippen LogP contribution < -0.4 is 4.73 Å². The first-order chi connectivity index (χ1) is 13.2. The summed E-state index contributed by atoms with van der Waals surface area (Å²) in [5, 5.41) is 12.4. The van der Waals surface area contributed by atoms with Gasteiger partial charge in [-0.25, -0.2) is 14.5 Å². The molecule has 0 aliphatic rings. The maximum Gasteiger partial charge on any atom is 0.339 e. The van der Waals surface area contributed by atoms with Crippen LogP contribution in [0.25, 0.3) is 22.2 Å². The predicted molar refractivity (Wildman–Crippen MR) is 99.5 cm³/mol. The number of hydrogen-bond acceptors (Lipinski definition) is 5. The molecule has 0 saturated carbocycles. The first kappa shape index (κ1) is 16.7. The summed E-state index contributed by atoms with van der Waals surface area (Å²) < 4.78 is 5.92. The van der Waals surface area contributed by atoms with Crippen LogP contribution in [0.2, 0.25) is 0 Å². The van der Waals surface area contributed by atoms with Crippen LogP contribution in [0.3, 0.4) is 0 Å². The Morgan fingerprint density at radius 1 is 1.04 bits per heavy atom. The summed E-state index contributed by atoms with van der Waals surface area (Å²) in [7, 11) is 0. The van der Waals surface area contributed by atoms with Gasteiger partial charge in [-0.05, 0) is 17.1 Å². The van der Waals surface area contributed by atoms with Gasteiger partial charge >= 0.3 is 11.8 Å². The summed E-state index contributed by atoms with van der Waals surface area (Å²) in [5.74, 6) is -0.413. The molecule has 132 valence electrons. The van der Waals surface area contributed by atoms with E-state index in [9.17, 15) is 10.0 Å². The largest absolute Gasteiger partial charge is 0.711 e. The highest BCUT2D eigenvalue weighted by Crippen LogP contribution is 2.25. The fraction of sp³-hybridized carbons (Fsp3) is 0.0476. The molecular weight excluding hydrogens is 342 g/mol. The average Bonchev–Trinajstić information content (AvgIpc) is 2.73. The van der Waals surface area contributed by atoms with Crippen LogP contribution in [0.1, 0.15) is 16.2 Å². The molecule has 0 fully saturated rings. The molecule has 0 radical (unpaired) electrons. The zero-order valence-corrected chi connectivity index (χ0v) is 14.3. The molecule has 0 atom stereocenters. The molecule has 2 heterocycles. The number of ether oxygens (including phenoxy) is 1. The van der Waals surface area contributed by atoms with Gasteiger partial charge in [0.15, 0.2) is 6.61 Å². The summed E-state index contributed by atoms with van der Waals surface area (Å²) in [5.41, 5.74) is 2.67. The number of benzene rings is 2. The van der Waals surface area contributed by atoms with Crippen molar-refractivity contribution in [3.63, 3.8) is 0 Å². The number of rotatable bonds is 4. The molecule has 0 spiro atoms. The van der Waals surface area contributed by atoms with E-state index in [1.165, 1.54) is 18.5 Å². The van der Waals surface area contributed by atoms with Crippen molar-refractivity contribution in [3.8, 4) is 11.3 Å².